The Morgan fingerprint density at radius 2 is 1.76 bits per heavy atom. The van der Waals surface area contributed by atoms with Gasteiger partial charge in [-0.15, -0.1) is 0 Å². The molecule has 29 heavy (non-hydrogen) atoms. The molecule has 0 fully saturated rings. The van der Waals surface area contributed by atoms with Gasteiger partial charge in [0.05, 0.1) is 5.56 Å². The predicted molar refractivity (Wildman–Crippen MR) is 110 cm³/mol. The van der Waals surface area contributed by atoms with Crippen LogP contribution in [-0.2, 0) is 0 Å². The lowest BCUT2D eigenvalue weighted by molar-refractivity contribution is 0.0921. The zero-order chi connectivity index (χ0) is 20.4. The van der Waals surface area contributed by atoms with Crippen LogP contribution in [0.3, 0.4) is 0 Å². The van der Waals surface area contributed by atoms with Crippen molar-refractivity contribution in [3.05, 3.63) is 99.5 Å². The van der Waals surface area contributed by atoms with Gasteiger partial charge in [0.15, 0.2) is 18.1 Å². The Bertz CT molecular complexity index is 1120. The highest BCUT2D eigenvalue weighted by Crippen LogP contribution is 2.35. The molecule has 3 aromatic carbocycles. The van der Waals surface area contributed by atoms with Crippen LogP contribution in [0.25, 0.3) is 6.08 Å². The van der Waals surface area contributed by atoms with E-state index in [1.807, 2.05) is 0 Å². The second-order valence-corrected chi connectivity index (χ2v) is 7.28. The standard InChI is InChI=1S/C23H14BrFO4/c24-16-5-3-15(4-6-16)20(26)13-28-18-9-10-19-21(12-18)29-22(23(19)27)11-14-1-7-17(25)8-2-14/h1-12H,13H2/b22-11-. The SMILES string of the molecule is O=C(COc1ccc2c(c1)O/C(=C\c1ccc(F)cc1)C2=O)c1ccc(Br)cc1. The molecule has 4 nitrogen and oxygen atoms in total. The number of Topliss-reactive ketones (excluding diaryl/α,β-unsaturated/α-hetero) is 2. The van der Waals surface area contributed by atoms with Crippen LogP contribution < -0.4 is 9.47 Å². The molecule has 1 heterocycles. The average Bonchev–Trinajstić information content (AvgIpc) is 3.03. The zero-order valence-electron chi connectivity index (χ0n) is 15.0. The van der Waals surface area contributed by atoms with Gasteiger partial charge in [-0.05, 0) is 48.0 Å². The minimum absolute atomic E-state index is 0.132. The Morgan fingerprint density at radius 1 is 1.03 bits per heavy atom. The molecule has 0 atom stereocenters. The van der Waals surface area contributed by atoms with Gasteiger partial charge in [-0.1, -0.05) is 40.2 Å². The van der Waals surface area contributed by atoms with Gasteiger partial charge >= 0.3 is 0 Å². The number of carbonyl (C=O) groups is 2. The first-order valence-corrected chi connectivity index (χ1v) is 9.54. The molecule has 0 bridgehead atoms. The summed E-state index contributed by atoms with van der Waals surface area (Å²) in [7, 11) is 0. The fourth-order valence-corrected chi connectivity index (χ4v) is 3.10. The van der Waals surface area contributed by atoms with Crippen LogP contribution in [-0.4, -0.2) is 18.2 Å². The van der Waals surface area contributed by atoms with E-state index in [1.54, 1.807) is 60.7 Å². The molecule has 0 aliphatic carbocycles. The molecule has 0 N–H and O–H groups in total. The maximum atomic E-state index is 13.0. The van der Waals surface area contributed by atoms with Crippen molar-refractivity contribution in [1.29, 1.82) is 0 Å². The summed E-state index contributed by atoms with van der Waals surface area (Å²) in [5, 5.41) is 0. The predicted octanol–water partition coefficient (Wildman–Crippen LogP) is 5.47. The summed E-state index contributed by atoms with van der Waals surface area (Å²) >= 11 is 3.33. The number of benzene rings is 3. The molecule has 0 aromatic heterocycles. The summed E-state index contributed by atoms with van der Waals surface area (Å²) in [5.74, 6) is 0.152. The third-order valence-corrected chi connectivity index (χ3v) is 4.87. The Labute approximate surface area is 174 Å². The normalized spacial score (nSPS) is 13.9. The molecule has 0 radical (unpaired) electrons. The number of allylic oxidation sites excluding steroid dienone is 1. The van der Waals surface area contributed by atoms with Gasteiger partial charge in [0.25, 0.3) is 0 Å². The van der Waals surface area contributed by atoms with Crippen molar-refractivity contribution < 1.29 is 23.5 Å². The molecule has 1 aliphatic heterocycles. The van der Waals surface area contributed by atoms with E-state index in [2.05, 4.69) is 15.9 Å². The first-order valence-electron chi connectivity index (χ1n) is 8.75. The van der Waals surface area contributed by atoms with E-state index in [-0.39, 0.29) is 29.7 Å². The van der Waals surface area contributed by atoms with Crippen molar-refractivity contribution in [2.24, 2.45) is 0 Å². The number of carbonyl (C=O) groups excluding carboxylic acids is 2. The summed E-state index contributed by atoms with van der Waals surface area (Å²) in [5.41, 5.74) is 1.61. The van der Waals surface area contributed by atoms with Gasteiger partial charge in [-0.3, -0.25) is 9.59 Å². The molecule has 3 aromatic rings. The molecule has 4 rings (SSSR count). The number of rotatable bonds is 5. The fraction of sp³-hybridized carbons (Fsp3) is 0.0435. The lowest BCUT2D eigenvalue weighted by Crippen LogP contribution is -2.11. The van der Waals surface area contributed by atoms with E-state index in [4.69, 9.17) is 9.47 Å². The molecule has 1 aliphatic rings. The van der Waals surface area contributed by atoms with Crippen LogP contribution >= 0.6 is 15.9 Å². The highest BCUT2D eigenvalue weighted by atomic mass is 79.9. The number of hydrogen-bond acceptors (Lipinski definition) is 4. The van der Waals surface area contributed by atoms with Crippen molar-refractivity contribution in [3.63, 3.8) is 0 Å². The Balaban J connectivity index is 1.46. The topological polar surface area (TPSA) is 52.6 Å². The Morgan fingerprint density at radius 3 is 2.48 bits per heavy atom. The molecule has 0 saturated carbocycles. The summed E-state index contributed by atoms with van der Waals surface area (Å²) in [6.45, 7) is -0.132. The van der Waals surface area contributed by atoms with E-state index < -0.39 is 0 Å². The van der Waals surface area contributed by atoms with E-state index in [0.717, 1.165) is 4.47 Å². The van der Waals surface area contributed by atoms with E-state index >= 15 is 0 Å². The number of ketones is 2. The number of halogens is 2. The Hall–Kier alpha value is -3.25. The molecule has 0 unspecified atom stereocenters. The smallest absolute Gasteiger partial charge is 0.231 e. The van der Waals surface area contributed by atoms with E-state index in [9.17, 15) is 14.0 Å². The van der Waals surface area contributed by atoms with E-state index in [0.29, 0.717) is 28.2 Å². The Kier molecular flexibility index (Phi) is 5.27. The maximum absolute atomic E-state index is 13.0. The molecule has 6 heteroatoms. The van der Waals surface area contributed by atoms with Crippen LogP contribution in [0.15, 0.2) is 77.0 Å². The van der Waals surface area contributed by atoms with Gasteiger partial charge in [0, 0.05) is 16.1 Å². The fourth-order valence-electron chi connectivity index (χ4n) is 2.84. The average molecular weight is 453 g/mol. The van der Waals surface area contributed by atoms with Crippen molar-refractivity contribution >= 4 is 33.6 Å². The summed E-state index contributed by atoms with van der Waals surface area (Å²) < 4.78 is 25.1. The summed E-state index contributed by atoms with van der Waals surface area (Å²) in [6.07, 6.45) is 1.55. The molecule has 144 valence electrons. The van der Waals surface area contributed by atoms with Crippen LogP contribution in [0.2, 0.25) is 0 Å². The second kappa shape index (κ2) is 8.01. The largest absolute Gasteiger partial charge is 0.485 e. The molecule has 0 saturated heterocycles. The quantitative estimate of drug-likeness (QED) is 0.380. The minimum atomic E-state index is -0.353. The lowest BCUT2D eigenvalue weighted by Gasteiger charge is -2.07. The number of hydrogen-bond donors (Lipinski definition) is 0. The van der Waals surface area contributed by atoms with Gasteiger partial charge in [0.1, 0.15) is 17.3 Å². The minimum Gasteiger partial charge on any atom is -0.485 e. The van der Waals surface area contributed by atoms with Gasteiger partial charge in [0.2, 0.25) is 5.78 Å². The highest BCUT2D eigenvalue weighted by molar-refractivity contribution is 9.10. The van der Waals surface area contributed by atoms with E-state index in [1.165, 1.54) is 12.1 Å². The van der Waals surface area contributed by atoms with Crippen LogP contribution in [0, 0.1) is 5.82 Å². The summed E-state index contributed by atoms with van der Waals surface area (Å²) in [4.78, 5) is 24.7. The summed E-state index contributed by atoms with van der Waals surface area (Å²) in [6, 6.07) is 17.6. The number of ether oxygens (including phenoxy) is 2. The monoisotopic (exact) mass is 452 g/mol. The van der Waals surface area contributed by atoms with Crippen molar-refractivity contribution in [2.75, 3.05) is 6.61 Å². The molecular formula is C23H14BrFO4. The van der Waals surface area contributed by atoms with Crippen LogP contribution in [0.1, 0.15) is 26.3 Å². The molecular weight excluding hydrogens is 439 g/mol. The van der Waals surface area contributed by atoms with Gasteiger partial charge < -0.3 is 9.47 Å². The highest BCUT2D eigenvalue weighted by Gasteiger charge is 2.27. The van der Waals surface area contributed by atoms with Crippen LogP contribution in [0.5, 0.6) is 11.5 Å². The lowest BCUT2D eigenvalue weighted by atomic mass is 10.1. The van der Waals surface area contributed by atoms with Gasteiger partial charge in [-0.25, -0.2) is 4.39 Å². The third-order valence-electron chi connectivity index (χ3n) is 4.35. The van der Waals surface area contributed by atoms with Gasteiger partial charge in [-0.2, -0.15) is 0 Å². The zero-order valence-corrected chi connectivity index (χ0v) is 16.6. The van der Waals surface area contributed by atoms with Crippen molar-refractivity contribution in [1.82, 2.24) is 0 Å². The third kappa shape index (κ3) is 4.27. The first kappa shape index (κ1) is 19.1. The molecule has 0 amide bonds. The van der Waals surface area contributed by atoms with Crippen molar-refractivity contribution in [3.8, 4) is 11.5 Å². The molecule has 0 spiro atoms. The first-order chi connectivity index (χ1) is 14.0. The maximum Gasteiger partial charge on any atom is 0.231 e. The second-order valence-electron chi connectivity index (χ2n) is 6.37. The van der Waals surface area contributed by atoms with Crippen molar-refractivity contribution in [2.45, 2.75) is 0 Å². The number of fused-ring (bicyclic) bond motifs is 1. The van der Waals surface area contributed by atoms with Crippen LogP contribution in [0.4, 0.5) is 4.39 Å².